The van der Waals surface area contributed by atoms with E-state index in [0.29, 0.717) is 0 Å². The van der Waals surface area contributed by atoms with Gasteiger partial charge in [-0.2, -0.15) is 0 Å². The Morgan fingerprint density at radius 1 is 1.19 bits per heavy atom. The third-order valence-corrected chi connectivity index (χ3v) is 3.26. The maximum Gasteiger partial charge on any atom is 0.472 e. The van der Waals surface area contributed by atoms with Gasteiger partial charge in [-0.05, 0) is 0 Å². The molecule has 1 aliphatic heterocycles. The Morgan fingerprint density at radius 2 is 1.81 bits per heavy atom. The molecular weight excluding hydrogens is 313 g/mol. The Morgan fingerprint density at radius 3 is 2.33 bits per heavy atom. The summed E-state index contributed by atoms with van der Waals surface area (Å²) in [5, 5.41) is 38.7. The molecule has 0 radical (unpaired) electrons. The van der Waals surface area contributed by atoms with E-state index in [2.05, 4.69) is 4.52 Å². The molecule has 0 spiro atoms. The minimum Gasteiger partial charge on any atom is -0.388 e. The number of phosphoric acid groups is 1. The van der Waals surface area contributed by atoms with Crippen molar-refractivity contribution in [2.24, 2.45) is 5.73 Å². The van der Waals surface area contributed by atoms with Crippen LogP contribution in [0.3, 0.4) is 0 Å². The van der Waals surface area contributed by atoms with E-state index < -0.39 is 44.6 Å². The van der Waals surface area contributed by atoms with E-state index in [1.807, 2.05) is 0 Å². The standard InChI is InChI=1S/C9H20NO10P/c10-1-2-18-3-4(11)8-6(13)5(12)7(14)9(19-8)20-21(15,16)17/h4-9,11-14H,1-3,10H2,(H2,15,16,17)/t4-,5+,6+,7?,8?,9+/m1/s1. The van der Waals surface area contributed by atoms with E-state index in [-0.39, 0.29) is 19.8 Å². The molecule has 0 aromatic heterocycles. The molecule has 0 aromatic carbocycles. The zero-order valence-electron chi connectivity index (χ0n) is 10.9. The van der Waals surface area contributed by atoms with Gasteiger partial charge in [-0.1, -0.05) is 0 Å². The first-order chi connectivity index (χ1) is 9.67. The summed E-state index contributed by atoms with van der Waals surface area (Å²) in [7, 11) is -5.01. The largest absolute Gasteiger partial charge is 0.472 e. The van der Waals surface area contributed by atoms with Crippen LogP contribution >= 0.6 is 7.82 Å². The van der Waals surface area contributed by atoms with Crippen molar-refractivity contribution in [3.05, 3.63) is 0 Å². The molecule has 1 aliphatic rings. The number of hydrogen-bond acceptors (Lipinski definition) is 9. The van der Waals surface area contributed by atoms with Gasteiger partial charge >= 0.3 is 7.82 Å². The van der Waals surface area contributed by atoms with Crippen molar-refractivity contribution in [3.8, 4) is 0 Å². The predicted octanol–water partition coefficient (Wildman–Crippen LogP) is -3.76. The normalized spacial score (nSPS) is 35.7. The number of aliphatic hydroxyl groups is 4. The van der Waals surface area contributed by atoms with Crippen LogP contribution < -0.4 is 5.73 Å². The summed E-state index contributed by atoms with van der Waals surface area (Å²) >= 11 is 0. The van der Waals surface area contributed by atoms with Crippen LogP contribution in [0.4, 0.5) is 0 Å². The average molecular weight is 333 g/mol. The molecule has 1 rings (SSSR count). The van der Waals surface area contributed by atoms with Crippen molar-refractivity contribution in [1.29, 1.82) is 0 Å². The second-order valence-electron chi connectivity index (χ2n) is 4.47. The second-order valence-corrected chi connectivity index (χ2v) is 5.66. The van der Waals surface area contributed by atoms with Crippen molar-refractivity contribution in [2.75, 3.05) is 19.8 Å². The molecular formula is C9H20NO10P. The monoisotopic (exact) mass is 333 g/mol. The molecule has 1 saturated heterocycles. The lowest BCUT2D eigenvalue weighted by Gasteiger charge is -2.41. The topological polar surface area (TPSA) is 192 Å². The van der Waals surface area contributed by atoms with Gasteiger partial charge < -0.3 is 45.4 Å². The van der Waals surface area contributed by atoms with E-state index in [1.165, 1.54) is 0 Å². The van der Waals surface area contributed by atoms with Crippen LogP contribution in [-0.4, -0.2) is 86.8 Å². The summed E-state index contributed by atoms with van der Waals surface area (Å²) in [4.78, 5) is 17.4. The van der Waals surface area contributed by atoms with Gasteiger partial charge in [0, 0.05) is 6.54 Å². The van der Waals surface area contributed by atoms with E-state index in [4.69, 9.17) is 25.0 Å². The third-order valence-electron chi connectivity index (χ3n) is 2.78. The SMILES string of the molecule is NCCOC[C@@H](O)C1O[C@@H](OP(=O)(O)O)C(O)[C@@H](O)[C@@H]1O. The van der Waals surface area contributed by atoms with Crippen LogP contribution in [0.15, 0.2) is 0 Å². The van der Waals surface area contributed by atoms with Crippen molar-refractivity contribution in [1.82, 2.24) is 0 Å². The van der Waals surface area contributed by atoms with Crippen LogP contribution in [0.1, 0.15) is 0 Å². The molecule has 1 heterocycles. The quantitative estimate of drug-likeness (QED) is 0.179. The number of rotatable bonds is 7. The number of hydrogen-bond donors (Lipinski definition) is 7. The first-order valence-electron chi connectivity index (χ1n) is 6.07. The number of ether oxygens (including phenoxy) is 2. The Hall–Kier alpha value is -0.170. The molecule has 8 N–H and O–H groups in total. The van der Waals surface area contributed by atoms with Gasteiger partial charge in [0.05, 0.1) is 13.2 Å². The lowest BCUT2D eigenvalue weighted by atomic mass is 9.96. The highest BCUT2D eigenvalue weighted by atomic mass is 31.2. The number of aliphatic hydroxyl groups excluding tert-OH is 4. The fourth-order valence-corrected chi connectivity index (χ4v) is 2.24. The molecule has 0 amide bonds. The van der Waals surface area contributed by atoms with E-state index >= 15 is 0 Å². The zero-order valence-corrected chi connectivity index (χ0v) is 11.8. The van der Waals surface area contributed by atoms with Crippen LogP contribution in [0, 0.1) is 0 Å². The first kappa shape index (κ1) is 18.9. The third kappa shape index (κ3) is 5.51. The lowest BCUT2D eigenvalue weighted by Crippen LogP contribution is -2.61. The minimum absolute atomic E-state index is 0.132. The van der Waals surface area contributed by atoms with E-state index in [9.17, 15) is 25.0 Å². The molecule has 0 bridgehead atoms. The van der Waals surface area contributed by atoms with Gasteiger partial charge in [0.2, 0.25) is 0 Å². The van der Waals surface area contributed by atoms with Gasteiger partial charge in [0.1, 0.15) is 30.5 Å². The smallest absolute Gasteiger partial charge is 0.388 e. The van der Waals surface area contributed by atoms with Crippen molar-refractivity contribution < 1.29 is 48.8 Å². The average Bonchev–Trinajstić information content (AvgIpc) is 2.38. The van der Waals surface area contributed by atoms with E-state index in [1.54, 1.807) is 0 Å². The van der Waals surface area contributed by atoms with Gasteiger partial charge in [-0.3, -0.25) is 4.52 Å². The van der Waals surface area contributed by atoms with Gasteiger partial charge in [-0.25, -0.2) is 4.57 Å². The van der Waals surface area contributed by atoms with Crippen molar-refractivity contribution in [3.63, 3.8) is 0 Å². The summed E-state index contributed by atoms with van der Waals surface area (Å²) in [6.07, 6.45) is -10.3. The molecule has 126 valence electrons. The maximum atomic E-state index is 10.8. The first-order valence-corrected chi connectivity index (χ1v) is 7.60. The highest BCUT2D eigenvalue weighted by molar-refractivity contribution is 7.46. The summed E-state index contributed by atoms with van der Waals surface area (Å²) in [5.41, 5.74) is 5.19. The summed E-state index contributed by atoms with van der Waals surface area (Å²) in [5.74, 6) is 0. The molecule has 12 heteroatoms. The van der Waals surface area contributed by atoms with Crippen LogP contribution in [-0.2, 0) is 18.6 Å². The number of phosphoric ester groups is 1. The molecule has 0 saturated carbocycles. The highest BCUT2D eigenvalue weighted by Crippen LogP contribution is 2.40. The van der Waals surface area contributed by atoms with Crippen molar-refractivity contribution in [2.45, 2.75) is 36.8 Å². The minimum atomic E-state index is -5.01. The van der Waals surface area contributed by atoms with Gasteiger partial charge in [0.25, 0.3) is 0 Å². The Bertz CT molecular complexity index is 364. The molecule has 0 aliphatic carbocycles. The molecule has 1 fully saturated rings. The zero-order chi connectivity index (χ0) is 16.2. The summed E-state index contributed by atoms with van der Waals surface area (Å²) < 4.78 is 24.8. The summed E-state index contributed by atoms with van der Waals surface area (Å²) in [6, 6.07) is 0. The Labute approximate surface area is 120 Å². The lowest BCUT2D eigenvalue weighted by molar-refractivity contribution is -0.293. The molecule has 21 heavy (non-hydrogen) atoms. The van der Waals surface area contributed by atoms with E-state index in [0.717, 1.165) is 0 Å². The van der Waals surface area contributed by atoms with Gasteiger partial charge in [0.15, 0.2) is 6.29 Å². The Balaban J connectivity index is 2.72. The number of nitrogens with two attached hydrogens (primary N) is 1. The second kappa shape index (κ2) is 7.90. The fourth-order valence-electron chi connectivity index (χ4n) is 1.80. The predicted molar refractivity (Wildman–Crippen MR) is 65.7 cm³/mol. The summed E-state index contributed by atoms with van der Waals surface area (Å²) in [6.45, 7) is 0.0317. The van der Waals surface area contributed by atoms with Crippen LogP contribution in [0.5, 0.6) is 0 Å². The molecule has 11 nitrogen and oxygen atoms in total. The van der Waals surface area contributed by atoms with Gasteiger partial charge in [-0.15, -0.1) is 0 Å². The van der Waals surface area contributed by atoms with Crippen molar-refractivity contribution >= 4 is 7.82 Å². The molecule has 6 atom stereocenters. The highest BCUT2D eigenvalue weighted by Gasteiger charge is 2.48. The Kier molecular flexibility index (Phi) is 7.10. The fraction of sp³-hybridized carbons (Fsp3) is 1.00. The van der Waals surface area contributed by atoms with Crippen LogP contribution in [0.2, 0.25) is 0 Å². The maximum absolute atomic E-state index is 10.8. The van der Waals surface area contributed by atoms with Crippen LogP contribution in [0.25, 0.3) is 0 Å². The molecule has 0 aromatic rings. The molecule has 2 unspecified atom stereocenters.